The maximum Gasteiger partial charge on any atom is 0.268 e. The highest BCUT2D eigenvalue weighted by molar-refractivity contribution is 7.90. The van der Waals surface area contributed by atoms with E-state index in [0.29, 0.717) is 11.3 Å². The van der Waals surface area contributed by atoms with Crippen molar-refractivity contribution in [3.05, 3.63) is 54.4 Å². The van der Waals surface area contributed by atoms with Gasteiger partial charge in [0.25, 0.3) is 10.0 Å². The number of nitrogens with one attached hydrogen (secondary N) is 1. The molecule has 0 bridgehead atoms. The molecule has 1 saturated heterocycles. The van der Waals surface area contributed by atoms with Gasteiger partial charge >= 0.3 is 0 Å². The van der Waals surface area contributed by atoms with Gasteiger partial charge in [-0.05, 0) is 37.2 Å². The van der Waals surface area contributed by atoms with Crippen LogP contribution < -0.4 is 10.1 Å². The second-order valence-electron chi connectivity index (χ2n) is 6.13. The minimum atomic E-state index is -3.73. The van der Waals surface area contributed by atoms with E-state index in [1.165, 1.54) is 17.1 Å². The predicted octanol–water partition coefficient (Wildman–Crippen LogP) is 2.36. The van der Waals surface area contributed by atoms with Gasteiger partial charge in [0.2, 0.25) is 0 Å². The lowest BCUT2D eigenvalue weighted by Gasteiger charge is -2.09. The fourth-order valence-corrected chi connectivity index (χ4v) is 4.75. The maximum absolute atomic E-state index is 13.2. The molecule has 0 amide bonds. The first kappa shape index (κ1) is 16.1. The fraction of sp³-hybridized carbons (Fsp3) is 0.278. The molecule has 7 heteroatoms. The van der Waals surface area contributed by atoms with Crippen LogP contribution in [0.25, 0.3) is 11.0 Å². The van der Waals surface area contributed by atoms with Gasteiger partial charge in [-0.25, -0.2) is 12.4 Å². The summed E-state index contributed by atoms with van der Waals surface area (Å²) < 4.78 is 32.9. The molecule has 1 aliphatic heterocycles. The van der Waals surface area contributed by atoms with E-state index in [0.717, 1.165) is 30.6 Å². The first-order valence-corrected chi connectivity index (χ1v) is 9.61. The summed E-state index contributed by atoms with van der Waals surface area (Å²) in [5, 5.41) is 3.33. The number of pyridine rings is 1. The van der Waals surface area contributed by atoms with Crippen molar-refractivity contribution in [2.75, 3.05) is 20.2 Å². The van der Waals surface area contributed by atoms with Crippen LogP contribution in [0.5, 0.6) is 5.75 Å². The molecule has 1 fully saturated rings. The average molecular weight is 357 g/mol. The zero-order valence-electron chi connectivity index (χ0n) is 13.8. The summed E-state index contributed by atoms with van der Waals surface area (Å²) in [6.45, 7) is 1.78. The number of hydrogen-bond donors (Lipinski definition) is 1. The van der Waals surface area contributed by atoms with Crippen LogP contribution >= 0.6 is 0 Å². The molecule has 0 radical (unpaired) electrons. The van der Waals surface area contributed by atoms with Crippen molar-refractivity contribution in [2.45, 2.75) is 17.2 Å². The molecule has 0 saturated carbocycles. The smallest absolute Gasteiger partial charge is 0.268 e. The molecule has 0 aliphatic carbocycles. The highest BCUT2D eigenvalue weighted by atomic mass is 32.2. The standard InChI is InChI=1S/C18H19N3O3S/c1-24-14-4-2-5-15(10-14)25(22,23)21-12-16(13-7-9-19-11-13)18-17(21)6-3-8-20-18/h2-6,8,10,12-13,19H,7,9,11H2,1H3. The Morgan fingerprint density at radius 1 is 1.28 bits per heavy atom. The summed E-state index contributed by atoms with van der Waals surface area (Å²) in [5.41, 5.74) is 2.34. The summed E-state index contributed by atoms with van der Waals surface area (Å²) in [7, 11) is -2.21. The third-order valence-corrected chi connectivity index (χ3v) is 6.32. The van der Waals surface area contributed by atoms with E-state index < -0.39 is 10.0 Å². The van der Waals surface area contributed by atoms with Crippen molar-refractivity contribution in [1.29, 1.82) is 0 Å². The van der Waals surface area contributed by atoms with Gasteiger partial charge in [-0.3, -0.25) is 4.98 Å². The Hall–Kier alpha value is -2.38. The molecular formula is C18H19N3O3S. The van der Waals surface area contributed by atoms with Crippen molar-refractivity contribution in [3.8, 4) is 5.75 Å². The number of aromatic nitrogens is 2. The van der Waals surface area contributed by atoms with Crippen LogP contribution in [0.15, 0.2) is 53.7 Å². The Bertz CT molecular complexity index is 1020. The molecule has 25 heavy (non-hydrogen) atoms. The van der Waals surface area contributed by atoms with Gasteiger partial charge in [-0.2, -0.15) is 0 Å². The molecule has 2 aromatic heterocycles. The summed E-state index contributed by atoms with van der Waals surface area (Å²) in [6.07, 6.45) is 4.41. The number of ether oxygens (including phenoxy) is 1. The van der Waals surface area contributed by atoms with Gasteiger partial charge < -0.3 is 10.1 Å². The van der Waals surface area contributed by atoms with E-state index >= 15 is 0 Å². The SMILES string of the molecule is COc1cccc(S(=O)(=O)n2cc(C3CCNC3)c3ncccc32)c1. The Labute approximate surface area is 146 Å². The first-order chi connectivity index (χ1) is 12.1. The lowest BCUT2D eigenvalue weighted by molar-refractivity contribution is 0.413. The number of benzene rings is 1. The number of hydrogen-bond acceptors (Lipinski definition) is 5. The first-order valence-electron chi connectivity index (χ1n) is 8.17. The molecule has 1 aromatic carbocycles. The lowest BCUT2D eigenvalue weighted by atomic mass is 10.0. The summed E-state index contributed by atoms with van der Waals surface area (Å²) in [5.74, 6) is 0.787. The van der Waals surface area contributed by atoms with Gasteiger partial charge in [-0.15, -0.1) is 0 Å². The van der Waals surface area contributed by atoms with Crippen LogP contribution in [0.1, 0.15) is 17.9 Å². The van der Waals surface area contributed by atoms with Gasteiger partial charge in [0, 0.05) is 36.5 Å². The molecule has 0 spiro atoms. The minimum absolute atomic E-state index is 0.198. The lowest BCUT2D eigenvalue weighted by Crippen LogP contribution is -2.12. The molecule has 6 nitrogen and oxygen atoms in total. The van der Waals surface area contributed by atoms with Crippen molar-refractivity contribution >= 4 is 21.1 Å². The Morgan fingerprint density at radius 2 is 2.16 bits per heavy atom. The third kappa shape index (κ3) is 2.69. The van der Waals surface area contributed by atoms with Crippen molar-refractivity contribution in [2.24, 2.45) is 0 Å². The molecule has 1 aliphatic rings. The number of methoxy groups -OCH3 is 1. The highest BCUT2D eigenvalue weighted by Gasteiger charge is 2.26. The van der Waals surface area contributed by atoms with Crippen LogP contribution in [-0.4, -0.2) is 37.6 Å². The van der Waals surface area contributed by atoms with Gasteiger partial charge in [0.05, 0.1) is 23.0 Å². The van der Waals surface area contributed by atoms with E-state index in [4.69, 9.17) is 4.74 Å². The van der Waals surface area contributed by atoms with Crippen molar-refractivity contribution < 1.29 is 13.2 Å². The number of rotatable bonds is 4. The predicted molar refractivity (Wildman–Crippen MR) is 95.5 cm³/mol. The van der Waals surface area contributed by atoms with E-state index in [-0.39, 0.29) is 10.8 Å². The van der Waals surface area contributed by atoms with Gasteiger partial charge in [0.1, 0.15) is 5.75 Å². The van der Waals surface area contributed by atoms with E-state index in [9.17, 15) is 8.42 Å². The second kappa shape index (κ2) is 6.16. The largest absolute Gasteiger partial charge is 0.497 e. The molecule has 1 unspecified atom stereocenters. The van der Waals surface area contributed by atoms with Gasteiger partial charge in [0.15, 0.2) is 0 Å². The topological polar surface area (TPSA) is 73.2 Å². The summed E-state index contributed by atoms with van der Waals surface area (Å²) >= 11 is 0. The van der Waals surface area contributed by atoms with E-state index in [1.54, 1.807) is 42.7 Å². The zero-order valence-corrected chi connectivity index (χ0v) is 14.7. The fourth-order valence-electron chi connectivity index (χ4n) is 3.35. The van der Waals surface area contributed by atoms with Crippen LogP contribution in [-0.2, 0) is 10.0 Å². The molecule has 3 aromatic rings. The second-order valence-corrected chi connectivity index (χ2v) is 7.94. The number of fused-ring (bicyclic) bond motifs is 1. The Kier molecular flexibility index (Phi) is 3.97. The normalized spacial score (nSPS) is 17.9. The third-order valence-electron chi connectivity index (χ3n) is 4.65. The maximum atomic E-state index is 13.2. The molecule has 1 atom stereocenters. The molecule has 4 rings (SSSR count). The molecular weight excluding hydrogens is 338 g/mol. The summed E-state index contributed by atoms with van der Waals surface area (Å²) in [6, 6.07) is 10.1. The molecule has 3 heterocycles. The molecule has 130 valence electrons. The van der Waals surface area contributed by atoms with Crippen LogP contribution in [0.3, 0.4) is 0 Å². The Morgan fingerprint density at radius 3 is 2.92 bits per heavy atom. The van der Waals surface area contributed by atoms with Crippen molar-refractivity contribution in [1.82, 2.24) is 14.3 Å². The highest BCUT2D eigenvalue weighted by Crippen LogP contribution is 2.32. The monoisotopic (exact) mass is 357 g/mol. The quantitative estimate of drug-likeness (QED) is 0.776. The van der Waals surface area contributed by atoms with Crippen LogP contribution in [0.4, 0.5) is 0 Å². The van der Waals surface area contributed by atoms with E-state index in [1.807, 2.05) is 0 Å². The molecule has 1 N–H and O–H groups in total. The van der Waals surface area contributed by atoms with Crippen LogP contribution in [0, 0.1) is 0 Å². The van der Waals surface area contributed by atoms with Crippen molar-refractivity contribution in [3.63, 3.8) is 0 Å². The summed E-state index contributed by atoms with van der Waals surface area (Å²) in [4.78, 5) is 4.65. The number of nitrogens with zero attached hydrogens (tertiary/aromatic N) is 2. The van der Waals surface area contributed by atoms with E-state index in [2.05, 4.69) is 10.3 Å². The Balaban J connectivity index is 1.91. The minimum Gasteiger partial charge on any atom is -0.497 e. The van der Waals surface area contributed by atoms with Crippen LogP contribution in [0.2, 0.25) is 0 Å². The van der Waals surface area contributed by atoms with Gasteiger partial charge in [-0.1, -0.05) is 6.07 Å². The average Bonchev–Trinajstić information content (AvgIpc) is 3.29. The zero-order chi connectivity index (χ0) is 17.4.